The lowest BCUT2D eigenvalue weighted by Gasteiger charge is -2.21. The Kier molecular flexibility index (Phi) is 3.02. The van der Waals surface area contributed by atoms with Crippen molar-refractivity contribution in [2.24, 2.45) is 0 Å². The number of likely N-dealkylation sites (N-methyl/N-ethyl adjacent to an activating group) is 1. The summed E-state index contributed by atoms with van der Waals surface area (Å²) in [4.78, 5) is 17.9. The highest BCUT2D eigenvalue weighted by Crippen LogP contribution is 2.27. The van der Waals surface area contributed by atoms with Crippen molar-refractivity contribution in [3.63, 3.8) is 0 Å². The Bertz CT molecular complexity index is 358. The first-order valence-corrected chi connectivity index (χ1v) is 5.77. The molecule has 0 aliphatic carbocycles. The van der Waals surface area contributed by atoms with E-state index in [-0.39, 0.29) is 0 Å². The van der Waals surface area contributed by atoms with Crippen LogP contribution in [0.15, 0.2) is 0 Å². The summed E-state index contributed by atoms with van der Waals surface area (Å²) in [5.41, 5.74) is 0.816. The van der Waals surface area contributed by atoms with Crippen molar-refractivity contribution >= 4 is 22.8 Å². The molecule has 1 aliphatic heterocycles. The van der Waals surface area contributed by atoms with Crippen molar-refractivity contribution in [2.45, 2.75) is 19.4 Å². The molecule has 0 aromatic carbocycles. The van der Waals surface area contributed by atoms with Gasteiger partial charge in [-0.05, 0) is 13.3 Å². The van der Waals surface area contributed by atoms with Gasteiger partial charge in [-0.1, -0.05) is 11.3 Å². The molecule has 2 rings (SSSR count). The third kappa shape index (κ3) is 2.03. The number of hydrogen-bond acceptors (Lipinski definition) is 5. The average molecular weight is 226 g/mol. The molecule has 0 N–H and O–H groups in total. The van der Waals surface area contributed by atoms with E-state index < -0.39 is 0 Å². The number of ether oxygens (including phenoxy) is 1. The lowest BCUT2D eigenvalue weighted by Crippen LogP contribution is -2.31. The van der Waals surface area contributed by atoms with Crippen LogP contribution in [-0.2, 0) is 4.74 Å². The number of aromatic nitrogens is 1. The summed E-state index contributed by atoms with van der Waals surface area (Å²) in [6.07, 6.45) is 1.90. The lowest BCUT2D eigenvalue weighted by molar-refractivity contribution is 0.112. The summed E-state index contributed by atoms with van der Waals surface area (Å²) in [5, 5.41) is 0.908. The van der Waals surface area contributed by atoms with Crippen LogP contribution in [0.4, 0.5) is 5.13 Å². The number of nitrogens with zero attached hydrogens (tertiary/aromatic N) is 2. The number of anilines is 1. The van der Waals surface area contributed by atoms with Crippen molar-refractivity contribution in [2.75, 3.05) is 25.2 Å². The molecule has 1 aliphatic rings. The number of hydrogen-bond donors (Lipinski definition) is 0. The summed E-state index contributed by atoms with van der Waals surface area (Å²) in [6.45, 7) is 3.44. The second-order valence-corrected chi connectivity index (χ2v) is 4.70. The van der Waals surface area contributed by atoms with Gasteiger partial charge in [0.15, 0.2) is 11.4 Å². The lowest BCUT2D eigenvalue weighted by atomic mass is 10.2. The van der Waals surface area contributed by atoms with Crippen molar-refractivity contribution in [1.29, 1.82) is 0 Å². The normalized spacial score (nSPS) is 20.5. The monoisotopic (exact) mass is 226 g/mol. The fourth-order valence-electron chi connectivity index (χ4n) is 1.64. The van der Waals surface area contributed by atoms with Crippen molar-refractivity contribution in [3.05, 3.63) is 10.6 Å². The Balaban J connectivity index is 2.17. The molecule has 1 fully saturated rings. The van der Waals surface area contributed by atoms with Crippen molar-refractivity contribution in [1.82, 2.24) is 4.98 Å². The molecule has 5 heteroatoms. The topological polar surface area (TPSA) is 42.4 Å². The van der Waals surface area contributed by atoms with Crippen LogP contribution in [0.3, 0.4) is 0 Å². The summed E-state index contributed by atoms with van der Waals surface area (Å²) in [7, 11) is 2.01. The molecule has 1 aromatic rings. The molecule has 0 saturated carbocycles. The average Bonchev–Trinajstić information content (AvgIpc) is 2.85. The van der Waals surface area contributed by atoms with Crippen LogP contribution in [0.5, 0.6) is 0 Å². The highest BCUT2D eigenvalue weighted by molar-refractivity contribution is 7.17. The van der Waals surface area contributed by atoms with Gasteiger partial charge in [0.05, 0.1) is 23.2 Å². The van der Waals surface area contributed by atoms with E-state index in [2.05, 4.69) is 9.88 Å². The number of rotatable bonds is 3. The fraction of sp³-hybridized carbons (Fsp3) is 0.600. The van der Waals surface area contributed by atoms with Gasteiger partial charge in [-0.25, -0.2) is 4.98 Å². The van der Waals surface area contributed by atoms with Gasteiger partial charge < -0.3 is 9.64 Å². The quantitative estimate of drug-likeness (QED) is 0.732. The van der Waals surface area contributed by atoms with E-state index in [9.17, 15) is 4.79 Å². The third-order valence-corrected chi connectivity index (χ3v) is 3.86. The van der Waals surface area contributed by atoms with Gasteiger partial charge in [0.25, 0.3) is 0 Å². The number of carbonyl (C=O) groups excluding carboxylic acids is 1. The van der Waals surface area contributed by atoms with Crippen molar-refractivity contribution in [3.8, 4) is 0 Å². The smallest absolute Gasteiger partial charge is 0.186 e. The molecule has 82 valence electrons. The second-order valence-electron chi connectivity index (χ2n) is 3.69. The zero-order valence-corrected chi connectivity index (χ0v) is 9.71. The van der Waals surface area contributed by atoms with Crippen LogP contribution in [0, 0.1) is 6.92 Å². The zero-order valence-electron chi connectivity index (χ0n) is 8.90. The van der Waals surface area contributed by atoms with E-state index in [1.807, 2.05) is 14.0 Å². The molecule has 4 nitrogen and oxygen atoms in total. The number of thiazole rings is 1. The number of aldehydes is 1. The minimum Gasteiger partial charge on any atom is -0.379 e. The molecule has 15 heavy (non-hydrogen) atoms. The fourth-order valence-corrected chi connectivity index (χ4v) is 2.55. The first-order chi connectivity index (χ1) is 7.22. The van der Waals surface area contributed by atoms with E-state index in [1.54, 1.807) is 0 Å². The largest absolute Gasteiger partial charge is 0.379 e. The van der Waals surface area contributed by atoms with Gasteiger partial charge in [-0.2, -0.15) is 0 Å². The molecular formula is C10H14N2O2S. The molecule has 0 spiro atoms. The van der Waals surface area contributed by atoms with E-state index in [0.717, 1.165) is 41.6 Å². The van der Waals surface area contributed by atoms with Crippen molar-refractivity contribution < 1.29 is 9.53 Å². The Morgan fingerprint density at radius 1 is 1.67 bits per heavy atom. The van der Waals surface area contributed by atoms with Crippen LogP contribution < -0.4 is 4.90 Å². The van der Waals surface area contributed by atoms with Gasteiger partial charge in [-0.3, -0.25) is 4.79 Å². The SMILES string of the molecule is Cc1nc(N(C)C2CCOC2)sc1C=O. The number of aryl methyl sites for hydroxylation is 1. The predicted molar refractivity (Wildman–Crippen MR) is 59.9 cm³/mol. The predicted octanol–water partition coefficient (Wildman–Crippen LogP) is 1.49. The molecule has 0 amide bonds. The molecule has 0 radical (unpaired) electrons. The van der Waals surface area contributed by atoms with Crippen LogP contribution >= 0.6 is 11.3 Å². The Labute approximate surface area is 92.9 Å². The maximum atomic E-state index is 10.7. The van der Waals surface area contributed by atoms with Gasteiger partial charge in [0, 0.05) is 13.7 Å². The van der Waals surface area contributed by atoms with Crippen LogP contribution in [0.25, 0.3) is 0 Å². The molecule has 1 aromatic heterocycles. The second kappa shape index (κ2) is 4.28. The standard InChI is InChI=1S/C10H14N2O2S/c1-7-9(5-13)15-10(11-7)12(2)8-3-4-14-6-8/h5,8H,3-4,6H2,1-2H3. The molecule has 1 saturated heterocycles. The summed E-state index contributed by atoms with van der Waals surface area (Å²) >= 11 is 1.45. The molecular weight excluding hydrogens is 212 g/mol. The highest BCUT2D eigenvalue weighted by Gasteiger charge is 2.23. The first-order valence-electron chi connectivity index (χ1n) is 4.95. The van der Waals surface area contributed by atoms with Crippen LogP contribution in [0.1, 0.15) is 21.8 Å². The third-order valence-electron chi connectivity index (χ3n) is 2.68. The minimum absolute atomic E-state index is 0.398. The highest BCUT2D eigenvalue weighted by atomic mass is 32.1. The zero-order chi connectivity index (χ0) is 10.8. The summed E-state index contributed by atoms with van der Waals surface area (Å²) < 4.78 is 5.33. The van der Waals surface area contributed by atoms with E-state index in [0.29, 0.717) is 6.04 Å². The Hall–Kier alpha value is -0.940. The molecule has 0 bridgehead atoms. The Morgan fingerprint density at radius 2 is 2.47 bits per heavy atom. The van der Waals surface area contributed by atoms with Crippen LogP contribution in [-0.4, -0.2) is 37.6 Å². The molecule has 2 heterocycles. The maximum absolute atomic E-state index is 10.7. The van der Waals surface area contributed by atoms with Crippen LogP contribution in [0.2, 0.25) is 0 Å². The first kappa shape index (κ1) is 10.6. The number of carbonyl (C=O) groups is 1. The summed E-state index contributed by atoms with van der Waals surface area (Å²) in [5.74, 6) is 0. The maximum Gasteiger partial charge on any atom is 0.186 e. The minimum atomic E-state index is 0.398. The van der Waals surface area contributed by atoms with E-state index in [1.165, 1.54) is 11.3 Å². The molecule has 1 atom stereocenters. The summed E-state index contributed by atoms with van der Waals surface area (Å²) in [6, 6.07) is 0.398. The van der Waals surface area contributed by atoms with E-state index in [4.69, 9.17) is 4.74 Å². The molecule has 1 unspecified atom stereocenters. The van der Waals surface area contributed by atoms with E-state index >= 15 is 0 Å². The Morgan fingerprint density at radius 3 is 3.00 bits per heavy atom. The van der Waals surface area contributed by atoms with Gasteiger partial charge >= 0.3 is 0 Å². The van der Waals surface area contributed by atoms with Gasteiger partial charge in [-0.15, -0.1) is 0 Å². The van der Waals surface area contributed by atoms with Gasteiger partial charge in [0.2, 0.25) is 0 Å². The van der Waals surface area contributed by atoms with Gasteiger partial charge in [0.1, 0.15) is 0 Å².